The van der Waals surface area contributed by atoms with Crippen LogP contribution in [0.2, 0.25) is 0 Å². The highest BCUT2D eigenvalue weighted by Crippen LogP contribution is 1.96. The maximum atomic E-state index is 8.41. The summed E-state index contributed by atoms with van der Waals surface area (Å²) in [6.45, 7) is 1.95. The van der Waals surface area contributed by atoms with E-state index in [1.807, 2.05) is 6.92 Å². The van der Waals surface area contributed by atoms with E-state index in [1.165, 1.54) is 0 Å². The van der Waals surface area contributed by atoms with E-state index >= 15 is 0 Å². The summed E-state index contributed by atoms with van der Waals surface area (Å²) >= 11 is 0. The first-order valence-electron chi connectivity index (χ1n) is 3.12. The second-order valence-electron chi connectivity index (χ2n) is 2.01. The first-order chi connectivity index (χ1) is 4.83. The van der Waals surface area contributed by atoms with Crippen molar-refractivity contribution < 1.29 is 5.11 Å². The van der Waals surface area contributed by atoms with E-state index in [0.717, 1.165) is 11.5 Å². The molecule has 0 atom stereocenters. The molecule has 1 heterocycles. The Hall–Kier alpha value is -1.09. The van der Waals surface area contributed by atoms with Crippen molar-refractivity contribution in [3.8, 4) is 0 Å². The molecule has 0 bridgehead atoms. The van der Waals surface area contributed by atoms with Gasteiger partial charge in [-0.2, -0.15) is 0 Å². The van der Waals surface area contributed by atoms with E-state index < -0.39 is 0 Å². The number of nitrogens with one attached hydrogen (secondary N) is 1. The second-order valence-corrected chi connectivity index (χ2v) is 2.01. The molecule has 54 valence electrons. The van der Waals surface area contributed by atoms with Gasteiger partial charge < -0.3 is 10.1 Å². The Kier molecular flexibility index (Phi) is 2.23. The molecule has 0 saturated heterocycles. The number of aliphatic hydroxyl groups is 1. The van der Waals surface area contributed by atoms with Gasteiger partial charge in [0, 0.05) is 0 Å². The zero-order valence-electron chi connectivity index (χ0n) is 5.83. The van der Waals surface area contributed by atoms with Gasteiger partial charge in [0.15, 0.2) is 0 Å². The molecule has 0 amide bonds. The largest absolute Gasteiger partial charge is 0.392 e. The summed E-state index contributed by atoms with van der Waals surface area (Å²) in [6, 6.07) is 0. The van der Waals surface area contributed by atoms with E-state index in [4.69, 9.17) is 5.11 Å². The van der Waals surface area contributed by atoms with Gasteiger partial charge in [0.25, 0.3) is 0 Å². The van der Waals surface area contributed by atoms with Gasteiger partial charge in [0.1, 0.15) is 5.82 Å². The van der Waals surface area contributed by atoms with E-state index in [1.54, 1.807) is 18.3 Å². The van der Waals surface area contributed by atoms with Crippen LogP contribution in [0.25, 0.3) is 6.08 Å². The molecule has 1 aromatic heterocycles. The van der Waals surface area contributed by atoms with Crippen LogP contribution in [0.3, 0.4) is 0 Å². The first-order valence-corrected chi connectivity index (χ1v) is 3.12. The van der Waals surface area contributed by atoms with Crippen molar-refractivity contribution in [2.45, 2.75) is 6.92 Å². The molecule has 1 aromatic rings. The average Bonchev–Trinajstić information content (AvgIpc) is 2.31. The van der Waals surface area contributed by atoms with Crippen molar-refractivity contribution in [2.24, 2.45) is 0 Å². The number of H-pyrrole nitrogens is 1. The Morgan fingerprint density at radius 3 is 3.10 bits per heavy atom. The predicted molar refractivity (Wildman–Crippen MR) is 39.4 cm³/mol. The monoisotopic (exact) mass is 138 g/mol. The van der Waals surface area contributed by atoms with Gasteiger partial charge in [-0.3, -0.25) is 0 Å². The number of aliphatic hydroxyl groups excluding tert-OH is 1. The Morgan fingerprint density at radius 2 is 2.60 bits per heavy atom. The lowest BCUT2D eigenvalue weighted by Gasteiger charge is -1.81. The van der Waals surface area contributed by atoms with Gasteiger partial charge in [-0.25, -0.2) is 4.98 Å². The summed E-state index contributed by atoms with van der Waals surface area (Å²) in [4.78, 5) is 6.98. The highest BCUT2D eigenvalue weighted by molar-refractivity contribution is 5.43. The van der Waals surface area contributed by atoms with Crippen LogP contribution in [0.1, 0.15) is 11.5 Å². The second kappa shape index (κ2) is 3.17. The molecule has 0 saturated carbocycles. The summed E-state index contributed by atoms with van der Waals surface area (Å²) in [7, 11) is 0. The molecule has 0 aromatic carbocycles. The number of aromatic nitrogens is 2. The number of aromatic amines is 1. The van der Waals surface area contributed by atoms with E-state index in [9.17, 15) is 0 Å². The normalized spacial score (nSPS) is 11.0. The van der Waals surface area contributed by atoms with Crippen LogP contribution in [-0.4, -0.2) is 21.7 Å². The highest BCUT2D eigenvalue weighted by atomic mass is 16.2. The van der Waals surface area contributed by atoms with Gasteiger partial charge in [-0.15, -0.1) is 0 Å². The minimum Gasteiger partial charge on any atom is -0.392 e. The lowest BCUT2D eigenvalue weighted by atomic mass is 10.4. The van der Waals surface area contributed by atoms with E-state index in [0.29, 0.717) is 0 Å². The maximum Gasteiger partial charge on any atom is 0.103 e. The number of hydrogen-bond acceptors (Lipinski definition) is 2. The van der Waals surface area contributed by atoms with Crippen LogP contribution < -0.4 is 0 Å². The van der Waals surface area contributed by atoms with Crippen LogP contribution in [0.5, 0.6) is 0 Å². The molecule has 0 aliphatic carbocycles. The maximum absolute atomic E-state index is 8.41. The fraction of sp³-hybridized carbons (Fsp3) is 0.286. The molecule has 0 unspecified atom stereocenters. The molecule has 3 heteroatoms. The first kappa shape index (κ1) is 7.02. The lowest BCUT2D eigenvalue weighted by Crippen LogP contribution is -1.74. The van der Waals surface area contributed by atoms with Crippen molar-refractivity contribution in [1.29, 1.82) is 0 Å². The van der Waals surface area contributed by atoms with Crippen molar-refractivity contribution in [3.05, 3.63) is 23.8 Å². The van der Waals surface area contributed by atoms with Crippen molar-refractivity contribution in [1.82, 2.24) is 9.97 Å². The van der Waals surface area contributed by atoms with Crippen molar-refractivity contribution in [2.75, 3.05) is 6.61 Å². The Balaban J connectivity index is 2.67. The minimum atomic E-state index is 0.0675. The predicted octanol–water partition coefficient (Wildman–Crippen LogP) is 0.724. The fourth-order valence-corrected chi connectivity index (χ4v) is 0.704. The Labute approximate surface area is 59.4 Å². The van der Waals surface area contributed by atoms with Crippen LogP contribution in [0.4, 0.5) is 0 Å². The summed E-state index contributed by atoms with van der Waals surface area (Å²) in [6.07, 6.45) is 5.18. The Bertz CT molecular complexity index is 227. The number of aryl methyl sites for hydroxylation is 1. The van der Waals surface area contributed by atoms with E-state index in [-0.39, 0.29) is 6.61 Å². The standard InChI is InChI=1S/C7H10N2O/c1-6-8-5-7(9-6)3-2-4-10/h2-3,5,10H,4H2,1H3,(H,8,9). The lowest BCUT2D eigenvalue weighted by molar-refractivity contribution is 0.343. The molecule has 1 rings (SSSR count). The quantitative estimate of drug-likeness (QED) is 0.632. The van der Waals surface area contributed by atoms with Gasteiger partial charge >= 0.3 is 0 Å². The van der Waals surface area contributed by atoms with E-state index in [2.05, 4.69) is 9.97 Å². The smallest absolute Gasteiger partial charge is 0.103 e. The molecule has 0 fully saturated rings. The van der Waals surface area contributed by atoms with Crippen LogP contribution in [-0.2, 0) is 0 Å². The molecule has 0 aliphatic rings. The summed E-state index contributed by atoms with van der Waals surface area (Å²) in [5.41, 5.74) is 0.923. The van der Waals surface area contributed by atoms with Gasteiger partial charge in [-0.05, 0) is 13.0 Å². The molecule has 0 aliphatic heterocycles. The number of rotatable bonds is 2. The SMILES string of the molecule is Cc1ncc(C=CCO)[nH]1. The number of hydrogen-bond donors (Lipinski definition) is 2. The number of imidazole rings is 1. The van der Waals surface area contributed by atoms with Crippen molar-refractivity contribution in [3.63, 3.8) is 0 Å². The van der Waals surface area contributed by atoms with Gasteiger partial charge in [-0.1, -0.05) is 6.08 Å². The van der Waals surface area contributed by atoms with Crippen LogP contribution >= 0.6 is 0 Å². The minimum absolute atomic E-state index is 0.0675. The van der Waals surface area contributed by atoms with Gasteiger partial charge in [0.05, 0.1) is 18.5 Å². The molecule has 10 heavy (non-hydrogen) atoms. The highest BCUT2D eigenvalue weighted by Gasteiger charge is 1.88. The molecule has 0 radical (unpaired) electrons. The summed E-state index contributed by atoms with van der Waals surface area (Å²) < 4.78 is 0. The zero-order chi connectivity index (χ0) is 7.40. The third-order valence-electron chi connectivity index (χ3n) is 1.13. The molecule has 0 spiro atoms. The fourth-order valence-electron chi connectivity index (χ4n) is 0.704. The number of nitrogens with zero attached hydrogens (tertiary/aromatic N) is 1. The van der Waals surface area contributed by atoms with Gasteiger partial charge in [0.2, 0.25) is 0 Å². The van der Waals surface area contributed by atoms with Crippen LogP contribution in [0, 0.1) is 6.92 Å². The average molecular weight is 138 g/mol. The summed E-state index contributed by atoms with van der Waals surface area (Å²) in [5.74, 6) is 0.887. The van der Waals surface area contributed by atoms with Crippen LogP contribution in [0.15, 0.2) is 12.3 Å². The van der Waals surface area contributed by atoms with Crippen molar-refractivity contribution >= 4 is 6.08 Å². The zero-order valence-corrected chi connectivity index (χ0v) is 5.83. The molecule has 3 nitrogen and oxygen atoms in total. The Morgan fingerprint density at radius 1 is 1.80 bits per heavy atom. The third-order valence-corrected chi connectivity index (χ3v) is 1.13. The summed E-state index contributed by atoms with van der Waals surface area (Å²) in [5, 5.41) is 8.41. The third kappa shape index (κ3) is 1.70. The molecule has 2 N–H and O–H groups in total. The molecular weight excluding hydrogens is 128 g/mol. The molecular formula is C7H10N2O. The topological polar surface area (TPSA) is 48.9 Å².